The minimum absolute atomic E-state index is 0.651. The molecule has 0 fully saturated rings. The summed E-state index contributed by atoms with van der Waals surface area (Å²) in [5, 5.41) is 3.16. The fourth-order valence-electron chi connectivity index (χ4n) is 2.07. The van der Waals surface area contributed by atoms with E-state index in [0.717, 1.165) is 12.3 Å². The predicted molar refractivity (Wildman–Crippen MR) is 82.1 cm³/mol. The molecule has 0 aliphatic rings. The summed E-state index contributed by atoms with van der Waals surface area (Å²) >= 11 is 1.80. The van der Waals surface area contributed by atoms with E-state index in [0.29, 0.717) is 6.61 Å². The van der Waals surface area contributed by atoms with Gasteiger partial charge in [0.2, 0.25) is 0 Å². The highest BCUT2D eigenvalue weighted by molar-refractivity contribution is 7.11. The van der Waals surface area contributed by atoms with Crippen LogP contribution in [0, 0.1) is 20.8 Å². The highest BCUT2D eigenvalue weighted by atomic mass is 32.1. The van der Waals surface area contributed by atoms with Crippen molar-refractivity contribution in [1.29, 1.82) is 0 Å². The van der Waals surface area contributed by atoms with Crippen molar-refractivity contribution < 1.29 is 4.74 Å². The Hall–Kier alpha value is -1.32. The zero-order valence-corrected chi connectivity index (χ0v) is 12.9. The number of nitrogens with one attached hydrogen (secondary N) is 1. The summed E-state index contributed by atoms with van der Waals surface area (Å²) < 4.78 is 5.97. The molecule has 1 heterocycles. The average molecular weight is 275 g/mol. The van der Waals surface area contributed by atoms with Gasteiger partial charge in [-0.2, -0.15) is 0 Å². The van der Waals surface area contributed by atoms with E-state index in [2.05, 4.69) is 50.4 Å². The second-order valence-electron chi connectivity index (χ2n) is 4.89. The van der Waals surface area contributed by atoms with Crippen LogP contribution in [0.25, 0.3) is 0 Å². The third-order valence-corrected chi connectivity index (χ3v) is 4.26. The summed E-state index contributed by atoms with van der Waals surface area (Å²) in [5.41, 5.74) is 3.77. The number of thiophene rings is 1. The maximum absolute atomic E-state index is 5.97. The molecule has 0 saturated carbocycles. The number of hydrogen-bond acceptors (Lipinski definition) is 3. The van der Waals surface area contributed by atoms with Crippen LogP contribution in [-0.4, -0.2) is 7.05 Å². The molecule has 3 heteroatoms. The average Bonchev–Trinajstić information content (AvgIpc) is 2.80. The topological polar surface area (TPSA) is 21.3 Å². The van der Waals surface area contributed by atoms with Gasteiger partial charge in [0.15, 0.2) is 0 Å². The Morgan fingerprint density at radius 1 is 1.11 bits per heavy atom. The van der Waals surface area contributed by atoms with E-state index in [1.165, 1.54) is 26.4 Å². The van der Waals surface area contributed by atoms with Crippen LogP contribution in [0.15, 0.2) is 24.3 Å². The van der Waals surface area contributed by atoms with E-state index in [1.54, 1.807) is 11.3 Å². The molecule has 0 radical (unpaired) electrons. The molecule has 102 valence electrons. The van der Waals surface area contributed by atoms with Gasteiger partial charge in [-0.25, -0.2) is 0 Å². The molecule has 2 aromatic rings. The van der Waals surface area contributed by atoms with Gasteiger partial charge in [-0.1, -0.05) is 6.07 Å². The van der Waals surface area contributed by atoms with Crippen molar-refractivity contribution in [3.63, 3.8) is 0 Å². The van der Waals surface area contributed by atoms with Crippen molar-refractivity contribution in [3.8, 4) is 5.75 Å². The van der Waals surface area contributed by atoms with Gasteiger partial charge in [0, 0.05) is 16.3 Å². The van der Waals surface area contributed by atoms with Crippen molar-refractivity contribution in [3.05, 3.63) is 50.7 Å². The standard InChI is InChI=1S/C16H21NOS/c1-11-7-12(2)13(3)16(8-11)18-10-15-6-5-14(19-15)9-17-4/h5-8,17H,9-10H2,1-4H3. The molecule has 0 amide bonds. The van der Waals surface area contributed by atoms with Crippen molar-refractivity contribution in [2.24, 2.45) is 0 Å². The molecular weight excluding hydrogens is 254 g/mol. The molecule has 0 spiro atoms. The lowest BCUT2D eigenvalue weighted by molar-refractivity contribution is 0.307. The van der Waals surface area contributed by atoms with E-state index in [-0.39, 0.29) is 0 Å². The molecule has 1 aromatic heterocycles. The van der Waals surface area contributed by atoms with Crippen LogP contribution in [0.2, 0.25) is 0 Å². The number of rotatable bonds is 5. The fourth-order valence-corrected chi connectivity index (χ4v) is 3.01. The van der Waals surface area contributed by atoms with Gasteiger partial charge < -0.3 is 10.1 Å². The smallest absolute Gasteiger partial charge is 0.123 e. The first-order valence-electron chi connectivity index (χ1n) is 6.53. The molecule has 0 bridgehead atoms. The maximum atomic E-state index is 5.97. The van der Waals surface area contributed by atoms with Crippen LogP contribution in [0.5, 0.6) is 5.75 Å². The number of benzene rings is 1. The van der Waals surface area contributed by atoms with Gasteiger partial charge in [0.05, 0.1) is 0 Å². The van der Waals surface area contributed by atoms with Crippen molar-refractivity contribution >= 4 is 11.3 Å². The summed E-state index contributed by atoms with van der Waals surface area (Å²) in [6.45, 7) is 7.93. The molecule has 2 rings (SSSR count). The second kappa shape index (κ2) is 6.22. The number of ether oxygens (including phenoxy) is 1. The third kappa shape index (κ3) is 3.58. The van der Waals surface area contributed by atoms with Crippen LogP contribution in [0.3, 0.4) is 0 Å². The molecule has 0 atom stereocenters. The molecule has 0 saturated heterocycles. The lowest BCUT2D eigenvalue weighted by Crippen LogP contribution is -2.02. The second-order valence-corrected chi connectivity index (χ2v) is 6.14. The molecular formula is C16H21NOS. The molecule has 2 nitrogen and oxygen atoms in total. The number of aryl methyl sites for hydroxylation is 2. The Morgan fingerprint density at radius 2 is 1.84 bits per heavy atom. The van der Waals surface area contributed by atoms with Crippen LogP contribution in [0.4, 0.5) is 0 Å². The predicted octanol–water partition coefficient (Wildman–Crippen LogP) is 3.97. The summed E-state index contributed by atoms with van der Waals surface area (Å²) in [4.78, 5) is 2.61. The first kappa shape index (κ1) is 14.1. The minimum Gasteiger partial charge on any atom is -0.488 e. The maximum Gasteiger partial charge on any atom is 0.123 e. The van der Waals surface area contributed by atoms with Crippen LogP contribution in [-0.2, 0) is 13.2 Å². The molecule has 0 unspecified atom stereocenters. The zero-order chi connectivity index (χ0) is 13.8. The summed E-state index contributed by atoms with van der Waals surface area (Å²) in [5.74, 6) is 1.00. The van der Waals surface area contributed by atoms with E-state index in [1.807, 2.05) is 7.05 Å². The fraction of sp³-hybridized carbons (Fsp3) is 0.375. The highest BCUT2D eigenvalue weighted by Gasteiger charge is 2.05. The quantitative estimate of drug-likeness (QED) is 0.891. The van der Waals surface area contributed by atoms with Crippen molar-refractivity contribution in [2.75, 3.05) is 7.05 Å². The monoisotopic (exact) mass is 275 g/mol. The summed E-state index contributed by atoms with van der Waals surface area (Å²) in [6, 6.07) is 8.62. The molecule has 1 N–H and O–H groups in total. The first-order valence-corrected chi connectivity index (χ1v) is 7.34. The van der Waals surface area contributed by atoms with Crippen molar-refractivity contribution in [2.45, 2.75) is 33.9 Å². The first-order chi connectivity index (χ1) is 9.10. The Morgan fingerprint density at radius 3 is 2.58 bits per heavy atom. The molecule has 1 aromatic carbocycles. The normalized spacial score (nSPS) is 10.7. The van der Waals surface area contributed by atoms with E-state index >= 15 is 0 Å². The van der Waals surface area contributed by atoms with Crippen LogP contribution >= 0.6 is 11.3 Å². The Labute approximate surface area is 119 Å². The summed E-state index contributed by atoms with van der Waals surface area (Å²) in [6.07, 6.45) is 0. The SMILES string of the molecule is CNCc1ccc(COc2cc(C)cc(C)c2C)s1. The lowest BCUT2D eigenvalue weighted by atomic mass is 10.1. The summed E-state index contributed by atoms with van der Waals surface area (Å²) in [7, 11) is 1.97. The van der Waals surface area contributed by atoms with E-state index in [9.17, 15) is 0 Å². The molecule has 0 aliphatic carbocycles. The van der Waals surface area contributed by atoms with Crippen molar-refractivity contribution in [1.82, 2.24) is 5.32 Å². The third-order valence-electron chi connectivity index (χ3n) is 3.20. The van der Waals surface area contributed by atoms with Gasteiger partial charge in [-0.15, -0.1) is 11.3 Å². The van der Waals surface area contributed by atoms with Gasteiger partial charge in [-0.05, 0) is 62.7 Å². The van der Waals surface area contributed by atoms with Crippen LogP contribution in [0.1, 0.15) is 26.4 Å². The van der Waals surface area contributed by atoms with Gasteiger partial charge in [0.1, 0.15) is 12.4 Å². The van der Waals surface area contributed by atoms with E-state index in [4.69, 9.17) is 4.74 Å². The zero-order valence-electron chi connectivity index (χ0n) is 12.0. The van der Waals surface area contributed by atoms with Gasteiger partial charge >= 0.3 is 0 Å². The Bertz CT molecular complexity index is 560. The molecule has 0 aliphatic heterocycles. The largest absolute Gasteiger partial charge is 0.488 e. The minimum atomic E-state index is 0.651. The van der Waals surface area contributed by atoms with Gasteiger partial charge in [-0.3, -0.25) is 0 Å². The van der Waals surface area contributed by atoms with Crippen LogP contribution < -0.4 is 10.1 Å². The lowest BCUT2D eigenvalue weighted by Gasteiger charge is -2.11. The molecule has 19 heavy (non-hydrogen) atoms. The van der Waals surface area contributed by atoms with Gasteiger partial charge in [0.25, 0.3) is 0 Å². The Kier molecular flexibility index (Phi) is 4.61. The Balaban J connectivity index is 2.05. The highest BCUT2D eigenvalue weighted by Crippen LogP contribution is 2.25. The van der Waals surface area contributed by atoms with E-state index < -0.39 is 0 Å². The number of hydrogen-bond donors (Lipinski definition) is 1.